The van der Waals surface area contributed by atoms with Gasteiger partial charge in [-0.3, -0.25) is 5.43 Å². The van der Waals surface area contributed by atoms with Crippen LogP contribution in [0.25, 0.3) is 6.08 Å². The predicted octanol–water partition coefficient (Wildman–Crippen LogP) is 5.05. The number of nitrogens with zero attached hydrogens (tertiary/aromatic N) is 2. The smallest absolute Gasteiger partial charge is 0.378 e. The lowest BCUT2D eigenvalue weighted by molar-refractivity contribution is -0.421. The van der Waals surface area contributed by atoms with Crippen molar-refractivity contribution in [3.63, 3.8) is 0 Å². The van der Waals surface area contributed by atoms with E-state index in [1.165, 1.54) is 11.5 Å². The molecule has 4 nitrogen and oxygen atoms in total. The summed E-state index contributed by atoms with van der Waals surface area (Å²) >= 11 is 0. The van der Waals surface area contributed by atoms with Gasteiger partial charge in [0.2, 0.25) is 5.72 Å². The van der Waals surface area contributed by atoms with Crippen molar-refractivity contribution in [3.8, 4) is 0 Å². The third kappa shape index (κ3) is 3.73. The summed E-state index contributed by atoms with van der Waals surface area (Å²) in [5, 5.41) is 13.8. The minimum atomic E-state index is -7.11. The van der Waals surface area contributed by atoms with Gasteiger partial charge in [-0.1, -0.05) is 12.1 Å². The zero-order valence-electron chi connectivity index (χ0n) is 17.3. The number of benzene rings is 1. The Balaban J connectivity index is 1.95. The lowest BCUT2D eigenvalue weighted by atomic mass is 9.74. The number of nitrogens with one attached hydrogen (secondary N) is 1. The molecule has 0 amide bonds. The zero-order valence-corrected chi connectivity index (χ0v) is 17.3. The maximum atomic E-state index is 14.6. The van der Waals surface area contributed by atoms with E-state index in [1.54, 1.807) is 38.4 Å². The first-order valence-electron chi connectivity index (χ1n) is 9.73. The van der Waals surface area contributed by atoms with Gasteiger partial charge in [-0.2, -0.15) is 44.6 Å². The Morgan fingerprint density at radius 1 is 1.00 bits per heavy atom. The molecule has 2 N–H and O–H groups in total. The fourth-order valence-corrected chi connectivity index (χ4v) is 3.88. The number of allylic oxidation sites excluding steroid dienone is 1. The van der Waals surface area contributed by atoms with Crippen molar-refractivity contribution in [2.24, 2.45) is 11.0 Å². The maximum Gasteiger partial charge on any atom is 0.460 e. The van der Waals surface area contributed by atoms with Crippen LogP contribution in [0.15, 0.2) is 34.9 Å². The molecule has 1 heterocycles. The van der Waals surface area contributed by atoms with Crippen LogP contribution in [-0.2, 0) is 0 Å². The number of rotatable bonds is 5. The molecule has 0 saturated heterocycles. The van der Waals surface area contributed by atoms with Crippen molar-refractivity contribution >= 4 is 17.5 Å². The summed E-state index contributed by atoms with van der Waals surface area (Å²) in [4.78, 5) is 1.82. The van der Waals surface area contributed by atoms with Gasteiger partial charge in [0.15, 0.2) is 0 Å². The Bertz CT molecular complexity index is 955. The first-order valence-corrected chi connectivity index (χ1v) is 9.73. The van der Waals surface area contributed by atoms with Gasteiger partial charge in [0, 0.05) is 19.8 Å². The summed E-state index contributed by atoms with van der Waals surface area (Å²) in [7, 11) is 3.61. The van der Waals surface area contributed by atoms with Gasteiger partial charge in [-0.25, -0.2) is 0 Å². The molecule has 1 aliphatic heterocycles. The van der Waals surface area contributed by atoms with Crippen LogP contribution in [0, 0.1) is 5.92 Å². The number of hydrogen-bond donors (Lipinski definition) is 2. The Labute approximate surface area is 182 Å². The fourth-order valence-electron chi connectivity index (χ4n) is 3.88. The molecule has 0 radical (unpaired) electrons. The van der Waals surface area contributed by atoms with Crippen LogP contribution in [0.2, 0.25) is 0 Å². The van der Waals surface area contributed by atoms with Crippen molar-refractivity contribution in [1.29, 1.82) is 0 Å². The lowest BCUT2D eigenvalue weighted by Gasteiger charge is -2.43. The number of alkyl halides is 9. The first kappa shape index (κ1) is 25.2. The fraction of sp³-hybridized carbons (Fsp3) is 0.550. The van der Waals surface area contributed by atoms with Crippen LogP contribution in [0.3, 0.4) is 0 Å². The van der Waals surface area contributed by atoms with E-state index in [4.69, 9.17) is 0 Å². The lowest BCUT2D eigenvalue weighted by Crippen LogP contribution is -2.73. The van der Waals surface area contributed by atoms with Crippen molar-refractivity contribution in [2.45, 2.75) is 48.9 Å². The summed E-state index contributed by atoms with van der Waals surface area (Å²) in [5.41, 5.74) is -1.42. The Hall–Kier alpha value is -2.44. The van der Waals surface area contributed by atoms with Crippen LogP contribution < -0.4 is 10.3 Å². The van der Waals surface area contributed by atoms with E-state index in [9.17, 15) is 44.6 Å². The number of aliphatic hydroxyl groups is 1. The second kappa shape index (κ2) is 7.81. The summed E-state index contributed by atoms with van der Waals surface area (Å²) in [6.45, 7) is 0. The number of fused-ring (bicyclic) bond motifs is 1. The van der Waals surface area contributed by atoms with E-state index < -0.39 is 35.6 Å². The molecule has 2 unspecified atom stereocenters. The van der Waals surface area contributed by atoms with E-state index in [-0.39, 0.29) is 30.5 Å². The van der Waals surface area contributed by atoms with Crippen LogP contribution in [0.5, 0.6) is 0 Å². The second-order valence-corrected chi connectivity index (χ2v) is 8.20. The summed E-state index contributed by atoms with van der Waals surface area (Å²) in [6, 6.07) is 6.83. The monoisotopic (exact) mass is 489 g/mol. The molecule has 1 aromatic carbocycles. The van der Waals surface area contributed by atoms with Gasteiger partial charge in [-0.15, -0.1) is 0 Å². The highest BCUT2D eigenvalue weighted by Gasteiger charge is 2.87. The number of halogens is 9. The summed E-state index contributed by atoms with van der Waals surface area (Å²) in [5.74, 6) is -22.2. The third-order valence-electron chi connectivity index (χ3n) is 5.82. The minimum absolute atomic E-state index is 0.0760. The average molecular weight is 489 g/mol. The molecule has 1 fully saturated rings. The predicted molar refractivity (Wildman–Crippen MR) is 103 cm³/mol. The van der Waals surface area contributed by atoms with Crippen molar-refractivity contribution in [2.75, 3.05) is 19.0 Å². The minimum Gasteiger partial charge on any atom is -0.378 e. The molecule has 0 spiro atoms. The largest absolute Gasteiger partial charge is 0.460 e. The molecule has 1 saturated carbocycles. The number of anilines is 1. The molecule has 1 aromatic rings. The van der Waals surface area contributed by atoms with Crippen LogP contribution in [0.1, 0.15) is 24.8 Å². The maximum absolute atomic E-state index is 14.6. The third-order valence-corrected chi connectivity index (χ3v) is 5.82. The molecule has 0 bridgehead atoms. The molecular weight excluding hydrogens is 469 g/mol. The topological polar surface area (TPSA) is 47.9 Å². The average Bonchev–Trinajstić information content (AvgIpc) is 3.07. The Morgan fingerprint density at radius 3 is 2.09 bits per heavy atom. The second-order valence-electron chi connectivity index (χ2n) is 8.20. The first-order chi connectivity index (χ1) is 15.0. The van der Waals surface area contributed by atoms with Crippen molar-refractivity contribution in [3.05, 3.63) is 35.4 Å². The number of hydrazone groups is 1. The van der Waals surface area contributed by atoms with Gasteiger partial charge in [-0.05, 0) is 48.6 Å². The van der Waals surface area contributed by atoms with Crippen LogP contribution in [0.4, 0.5) is 45.2 Å². The molecule has 2 atom stereocenters. The zero-order chi connectivity index (χ0) is 25.0. The van der Waals surface area contributed by atoms with Gasteiger partial charge < -0.3 is 10.0 Å². The van der Waals surface area contributed by atoms with Crippen LogP contribution in [-0.4, -0.2) is 54.6 Å². The van der Waals surface area contributed by atoms with Gasteiger partial charge in [0.05, 0.1) is 11.6 Å². The molecule has 33 heavy (non-hydrogen) atoms. The summed E-state index contributed by atoms with van der Waals surface area (Å²) < 4.78 is 121. The highest BCUT2D eigenvalue weighted by molar-refractivity contribution is 6.07. The molecule has 3 rings (SSSR count). The highest BCUT2D eigenvalue weighted by Crippen LogP contribution is 2.58. The Kier molecular flexibility index (Phi) is 5.96. The summed E-state index contributed by atoms with van der Waals surface area (Å²) in [6.07, 6.45) is -5.55. The molecule has 0 aromatic heterocycles. The van der Waals surface area contributed by atoms with Crippen LogP contribution >= 0.6 is 0 Å². The van der Waals surface area contributed by atoms with E-state index in [2.05, 4.69) is 5.10 Å². The Morgan fingerprint density at radius 2 is 1.58 bits per heavy atom. The molecule has 184 valence electrons. The quantitative estimate of drug-likeness (QED) is 0.570. The molecule has 2 aliphatic rings. The van der Waals surface area contributed by atoms with E-state index in [0.29, 0.717) is 5.56 Å². The molecule has 13 heteroatoms. The molecular formula is C20H20F9N3O. The number of hydrogen-bond acceptors (Lipinski definition) is 4. The normalized spacial score (nSPS) is 25.5. The van der Waals surface area contributed by atoms with E-state index in [1.807, 2.05) is 4.90 Å². The molecule has 1 aliphatic carbocycles. The van der Waals surface area contributed by atoms with Crippen molar-refractivity contribution < 1.29 is 44.6 Å². The SMILES string of the molecule is CN(C)c1ccc(/C=C2\CCCC3C2=NNC3(O)C(F)(F)C(F)(F)C(F)(F)C(F)(F)F)cc1. The highest BCUT2D eigenvalue weighted by atomic mass is 19.4. The van der Waals surface area contributed by atoms with E-state index >= 15 is 0 Å². The van der Waals surface area contributed by atoms with Crippen molar-refractivity contribution in [1.82, 2.24) is 5.43 Å². The van der Waals surface area contributed by atoms with Gasteiger partial charge in [0.1, 0.15) is 0 Å². The van der Waals surface area contributed by atoms with Gasteiger partial charge in [0.25, 0.3) is 0 Å². The van der Waals surface area contributed by atoms with E-state index in [0.717, 1.165) is 5.69 Å². The van der Waals surface area contributed by atoms with Gasteiger partial charge >= 0.3 is 23.9 Å². The standard InChI is InChI=1S/C20H20F9N3O/c1-32(2)13-8-6-11(7-9-13)10-12-4-3-5-14-15(12)30-31-16(14,33)17(21,22)18(23,24)19(25,26)20(27,28)29/h6-10,14,31,33H,3-5H2,1-2H3/b12-10+.